The smallest absolute Gasteiger partial charge is 0.314 e. The van der Waals surface area contributed by atoms with Crippen LogP contribution < -0.4 is 10.6 Å². The lowest BCUT2D eigenvalue weighted by molar-refractivity contribution is -0.132. The maximum Gasteiger partial charge on any atom is 0.314 e. The number of anilines is 2. The predicted molar refractivity (Wildman–Crippen MR) is 103 cm³/mol. The molecule has 0 spiro atoms. The second-order valence-electron chi connectivity index (χ2n) is 6.51. The Bertz CT molecular complexity index is 1010. The molecule has 7 nitrogen and oxygen atoms in total. The Labute approximate surface area is 156 Å². The molecular formula is C20H20N4O3. The Kier molecular flexibility index (Phi) is 4.60. The molecule has 7 heteroatoms. The minimum Gasteiger partial charge on any atom is -0.383 e. The Hall–Kier alpha value is -3.19. The van der Waals surface area contributed by atoms with Gasteiger partial charge in [-0.3, -0.25) is 14.3 Å². The van der Waals surface area contributed by atoms with Crippen LogP contribution in [0.5, 0.6) is 0 Å². The third-order valence-electron chi connectivity index (χ3n) is 4.75. The van der Waals surface area contributed by atoms with E-state index >= 15 is 0 Å². The first-order valence-electron chi connectivity index (χ1n) is 8.83. The van der Waals surface area contributed by atoms with Gasteiger partial charge in [0.25, 0.3) is 0 Å². The van der Waals surface area contributed by atoms with Gasteiger partial charge in [-0.25, -0.2) is 0 Å². The van der Waals surface area contributed by atoms with E-state index < -0.39 is 11.8 Å². The Morgan fingerprint density at radius 3 is 2.70 bits per heavy atom. The molecule has 1 aliphatic rings. The van der Waals surface area contributed by atoms with E-state index in [9.17, 15) is 9.59 Å². The third-order valence-corrected chi connectivity index (χ3v) is 4.75. The molecule has 3 aromatic rings. The van der Waals surface area contributed by atoms with Crippen molar-refractivity contribution in [3.05, 3.63) is 53.9 Å². The van der Waals surface area contributed by atoms with E-state index in [4.69, 9.17) is 4.74 Å². The topological polar surface area (TPSA) is 85.2 Å². The fourth-order valence-electron chi connectivity index (χ4n) is 3.46. The molecule has 138 valence electrons. The van der Waals surface area contributed by atoms with Gasteiger partial charge in [0.05, 0.1) is 25.0 Å². The van der Waals surface area contributed by atoms with E-state index in [0.29, 0.717) is 24.5 Å². The first-order valence-corrected chi connectivity index (χ1v) is 8.83. The van der Waals surface area contributed by atoms with Crippen molar-refractivity contribution in [2.75, 3.05) is 24.4 Å². The number of aryl methyl sites for hydroxylation is 2. The summed E-state index contributed by atoms with van der Waals surface area (Å²) in [6.07, 6.45) is 5.18. The van der Waals surface area contributed by atoms with Crippen molar-refractivity contribution in [1.29, 1.82) is 0 Å². The minimum atomic E-state index is -0.732. The van der Waals surface area contributed by atoms with Gasteiger partial charge in [-0.1, -0.05) is 24.3 Å². The van der Waals surface area contributed by atoms with E-state index in [0.717, 1.165) is 18.2 Å². The van der Waals surface area contributed by atoms with Crippen molar-refractivity contribution in [1.82, 2.24) is 9.78 Å². The summed E-state index contributed by atoms with van der Waals surface area (Å²) >= 11 is 0. The SMILES string of the molecule is COCCn1cc(NC(=O)C(=O)Nc2ccc3c4c(cccc24)CC3)cn1. The molecule has 27 heavy (non-hydrogen) atoms. The molecule has 1 heterocycles. The van der Waals surface area contributed by atoms with Crippen LogP contribution in [0.15, 0.2) is 42.7 Å². The van der Waals surface area contributed by atoms with Crippen LogP contribution in [-0.4, -0.2) is 35.3 Å². The van der Waals surface area contributed by atoms with E-state index in [1.165, 1.54) is 22.7 Å². The first kappa shape index (κ1) is 17.2. The largest absolute Gasteiger partial charge is 0.383 e. The molecule has 0 radical (unpaired) electrons. The number of rotatable bonds is 5. The lowest BCUT2D eigenvalue weighted by Gasteiger charge is -2.10. The lowest BCUT2D eigenvalue weighted by Crippen LogP contribution is -2.29. The molecule has 1 aromatic heterocycles. The Balaban J connectivity index is 1.47. The number of hydrogen-bond acceptors (Lipinski definition) is 4. The van der Waals surface area contributed by atoms with Gasteiger partial charge in [0.1, 0.15) is 0 Å². The number of carbonyl (C=O) groups is 2. The standard InChI is InChI=1S/C20H20N4O3/c1-27-10-9-24-12-15(11-21-24)22-19(25)20(26)23-17-8-7-14-6-5-13-3-2-4-16(17)18(13)14/h2-4,7-8,11-12H,5-6,9-10H2,1H3,(H,22,25)(H,23,26). The summed E-state index contributed by atoms with van der Waals surface area (Å²) in [5, 5.41) is 11.6. The number of aromatic nitrogens is 2. The second kappa shape index (κ2) is 7.20. The zero-order chi connectivity index (χ0) is 18.8. The van der Waals surface area contributed by atoms with Crippen molar-refractivity contribution in [3.8, 4) is 0 Å². The highest BCUT2D eigenvalue weighted by Gasteiger charge is 2.19. The van der Waals surface area contributed by atoms with Gasteiger partial charge < -0.3 is 15.4 Å². The highest BCUT2D eigenvalue weighted by Crippen LogP contribution is 2.34. The minimum absolute atomic E-state index is 0.465. The average molecular weight is 364 g/mol. The van der Waals surface area contributed by atoms with E-state index in [2.05, 4.69) is 21.8 Å². The van der Waals surface area contributed by atoms with E-state index in [-0.39, 0.29) is 0 Å². The first-order chi connectivity index (χ1) is 13.2. The van der Waals surface area contributed by atoms with Crippen molar-refractivity contribution in [3.63, 3.8) is 0 Å². The van der Waals surface area contributed by atoms with Crippen molar-refractivity contribution < 1.29 is 14.3 Å². The molecule has 0 bridgehead atoms. The molecule has 0 fully saturated rings. The number of nitrogens with zero attached hydrogens (tertiary/aromatic N) is 2. The molecule has 2 N–H and O–H groups in total. The number of benzene rings is 2. The fraction of sp³-hybridized carbons (Fsp3) is 0.250. The molecule has 0 saturated heterocycles. The zero-order valence-electron chi connectivity index (χ0n) is 15.0. The predicted octanol–water partition coefficient (Wildman–Crippen LogP) is 2.36. The summed E-state index contributed by atoms with van der Waals surface area (Å²) in [6.45, 7) is 1.08. The molecular weight excluding hydrogens is 344 g/mol. The molecule has 0 aliphatic heterocycles. The normalized spacial score (nSPS) is 12.3. The molecule has 1 aliphatic carbocycles. The van der Waals surface area contributed by atoms with Crippen LogP contribution in [0, 0.1) is 0 Å². The quantitative estimate of drug-likeness (QED) is 0.681. The molecule has 0 unspecified atom stereocenters. The summed E-state index contributed by atoms with van der Waals surface area (Å²) in [5.74, 6) is -1.44. The van der Waals surface area contributed by atoms with Crippen LogP contribution >= 0.6 is 0 Å². The van der Waals surface area contributed by atoms with Gasteiger partial charge in [-0.05, 0) is 35.4 Å². The second-order valence-corrected chi connectivity index (χ2v) is 6.51. The summed E-state index contributed by atoms with van der Waals surface area (Å²) in [4.78, 5) is 24.6. The van der Waals surface area contributed by atoms with Crippen molar-refractivity contribution in [2.45, 2.75) is 19.4 Å². The van der Waals surface area contributed by atoms with Gasteiger partial charge in [0.2, 0.25) is 0 Å². The molecule has 4 rings (SSSR count). The maximum absolute atomic E-state index is 12.4. The number of methoxy groups -OCH3 is 1. The summed E-state index contributed by atoms with van der Waals surface area (Å²) in [7, 11) is 1.61. The number of amides is 2. The van der Waals surface area contributed by atoms with Crippen molar-refractivity contribution >= 4 is 34.0 Å². The van der Waals surface area contributed by atoms with Gasteiger partial charge in [0, 0.05) is 24.4 Å². The van der Waals surface area contributed by atoms with Crippen LogP contribution in [0.4, 0.5) is 11.4 Å². The lowest BCUT2D eigenvalue weighted by atomic mass is 10.0. The van der Waals surface area contributed by atoms with Crippen LogP contribution in [0.1, 0.15) is 11.1 Å². The van der Waals surface area contributed by atoms with Gasteiger partial charge in [-0.2, -0.15) is 5.10 Å². The van der Waals surface area contributed by atoms with Gasteiger partial charge in [0.15, 0.2) is 0 Å². The summed E-state index contributed by atoms with van der Waals surface area (Å²) in [5.41, 5.74) is 3.68. The number of ether oxygens (including phenoxy) is 1. The zero-order valence-corrected chi connectivity index (χ0v) is 15.0. The van der Waals surface area contributed by atoms with Crippen LogP contribution in [0.25, 0.3) is 10.8 Å². The molecule has 2 aromatic carbocycles. The van der Waals surface area contributed by atoms with Crippen molar-refractivity contribution in [2.24, 2.45) is 0 Å². The third kappa shape index (κ3) is 3.41. The number of nitrogens with one attached hydrogen (secondary N) is 2. The Morgan fingerprint density at radius 2 is 1.89 bits per heavy atom. The number of hydrogen-bond donors (Lipinski definition) is 2. The van der Waals surface area contributed by atoms with E-state index in [1.807, 2.05) is 24.3 Å². The summed E-state index contributed by atoms with van der Waals surface area (Å²) in [6, 6.07) is 9.95. The fourth-order valence-corrected chi connectivity index (χ4v) is 3.46. The van der Waals surface area contributed by atoms with Crippen LogP contribution in [0.3, 0.4) is 0 Å². The average Bonchev–Trinajstić information content (AvgIpc) is 3.30. The number of carbonyl (C=O) groups excluding carboxylic acids is 2. The molecule has 0 saturated carbocycles. The summed E-state index contributed by atoms with van der Waals surface area (Å²) < 4.78 is 6.62. The van der Waals surface area contributed by atoms with E-state index in [1.54, 1.807) is 18.0 Å². The maximum atomic E-state index is 12.4. The monoisotopic (exact) mass is 364 g/mol. The molecule has 0 atom stereocenters. The Morgan fingerprint density at radius 1 is 1.11 bits per heavy atom. The van der Waals surface area contributed by atoms with Gasteiger partial charge >= 0.3 is 11.8 Å². The molecule has 2 amide bonds. The van der Waals surface area contributed by atoms with Gasteiger partial charge in [-0.15, -0.1) is 0 Å². The highest BCUT2D eigenvalue weighted by atomic mass is 16.5. The van der Waals surface area contributed by atoms with Crippen LogP contribution in [0.2, 0.25) is 0 Å². The van der Waals surface area contributed by atoms with Crippen LogP contribution in [-0.2, 0) is 33.7 Å². The highest BCUT2D eigenvalue weighted by molar-refractivity contribution is 6.44.